The van der Waals surface area contributed by atoms with E-state index in [9.17, 15) is 0 Å². The van der Waals surface area contributed by atoms with Crippen LogP contribution < -0.4 is 5.32 Å². The highest BCUT2D eigenvalue weighted by atomic mass is 35.5. The smallest absolute Gasteiger partial charge is 0.0554 e. The van der Waals surface area contributed by atoms with Gasteiger partial charge in [0.05, 0.1) is 6.04 Å². The van der Waals surface area contributed by atoms with Gasteiger partial charge in [-0.05, 0) is 47.1 Å². The number of benzene rings is 2. The molecule has 2 aromatic carbocycles. The Hall–Kier alpha value is -1.73. The number of halogens is 1. The minimum absolute atomic E-state index is 0.320. The van der Waals surface area contributed by atoms with Crippen LogP contribution in [0.2, 0.25) is 5.02 Å². The zero-order valence-corrected chi connectivity index (χ0v) is 14.3. The van der Waals surface area contributed by atoms with E-state index in [2.05, 4.69) is 67.7 Å². The molecule has 0 fully saturated rings. The molecule has 0 saturated heterocycles. The maximum absolute atomic E-state index is 6.25. The number of fused-ring (bicyclic) bond motifs is 3. The summed E-state index contributed by atoms with van der Waals surface area (Å²) in [6.07, 6.45) is 5.86. The van der Waals surface area contributed by atoms with Crippen molar-refractivity contribution in [3.05, 3.63) is 76.3 Å². The van der Waals surface area contributed by atoms with Gasteiger partial charge in [0.1, 0.15) is 0 Å². The van der Waals surface area contributed by atoms with Crippen LogP contribution in [0.25, 0.3) is 0 Å². The standard InChI is InChI=1S/C21H22ClN/c1-13(2)16-8-4-11-19-17-9-5-10-18(17)20(23-21(16)19)14-6-3-7-15(22)12-14/h3-9,11-13,17-18,20,23H,10H2,1-2H3/t17-,18-,20+/m0/s1. The van der Waals surface area contributed by atoms with Gasteiger partial charge < -0.3 is 5.32 Å². The van der Waals surface area contributed by atoms with Gasteiger partial charge in [-0.1, -0.05) is 67.9 Å². The zero-order valence-electron chi connectivity index (χ0n) is 13.6. The molecule has 118 valence electrons. The van der Waals surface area contributed by atoms with E-state index in [1.807, 2.05) is 6.07 Å². The summed E-state index contributed by atoms with van der Waals surface area (Å²) in [6, 6.07) is 15.4. The monoisotopic (exact) mass is 323 g/mol. The first kappa shape index (κ1) is 14.8. The van der Waals surface area contributed by atoms with Crippen LogP contribution in [0.1, 0.15) is 54.8 Å². The Balaban J connectivity index is 1.83. The molecular weight excluding hydrogens is 302 g/mol. The van der Waals surface area contributed by atoms with Crippen molar-refractivity contribution in [2.45, 2.75) is 38.1 Å². The molecule has 0 unspecified atom stereocenters. The van der Waals surface area contributed by atoms with Crippen LogP contribution in [-0.2, 0) is 0 Å². The van der Waals surface area contributed by atoms with Gasteiger partial charge in [-0.15, -0.1) is 0 Å². The van der Waals surface area contributed by atoms with Gasteiger partial charge in [0.25, 0.3) is 0 Å². The number of hydrogen-bond acceptors (Lipinski definition) is 1. The largest absolute Gasteiger partial charge is 0.377 e. The average molecular weight is 324 g/mol. The third-order valence-corrected chi connectivity index (χ3v) is 5.49. The molecule has 1 aliphatic heterocycles. The van der Waals surface area contributed by atoms with E-state index < -0.39 is 0 Å². The molecule has 3 atom stereocenters. The molecule has 0 bridgehead atoms. The Morgan fingerprint density at radius 2 is 1.96 bits per heavy atom. The SMILES string of the molecule is CC(C)c1cccc2c1N[C@H](c1cccc(Cl)c1)[C@H]1CC=C[C@H]21. The Morgan fingerprint density at radius 1 is 1.13 bits per heavy atom. The summed E-state index contributed by atoms with van der Waals surface area (Å²) in [5.74, 6) is 1.59. The lowest BCUT2D eigenvalue weighted by molar-refractivity contribution is 0.424. The highest BCUT2D eigenvalue weighted by Gasteiger charge is 2.38. The van der Waals surface area contributed by atoms with Crippen molar-refractivity contribution >= 4 is 17.3 Å². The minimum atomic E-state index is 0.320. The summed E-state index contributed by atoms with van der Waals surface area (Å²) in [5.41, 5.74) is 5.49. The summed E-state index contributed by atoms with van der Waals surface area (Å²) in [5, 5.41) is 4.68. The topological polar surface area (TPSA) is 12.0 Å². The molecule has 1 nitrogen and oxygen atoms in total. The first-order valence-corrected chi connectivity index (χ1v) is 8.84. The second kappa shape index (κ2) is 5.72. The van der Waals surface area contributed by atoms with Crippen LogP contribution in [0.15, 0.2) is 54.6 Å². The zero-order chi connectivity index (χ0) is 16.0. The highest BCUT2D eigenvalue weighted by molar-refractivity contribution is 6.30. The Morgan fingerprint density at radius 3 is 2.74 bits per heavy atom. The summed E-state index contributed by atoms with van der Waals surface area (Å²) in [7, 11) is 0. The number of para-hydroxylation sites is 1. The first-order valence-electron chi connectivity index (χ1n) is 8.46. The number of rotatable bonds is 2. The third-order valence-electron chi connectivity index (χ3n) is 5.26. The predicted octanol–water partition coefficient (Wildman–Crippen LogP) is 6.29. The molecule has 23 heavy (non-hydrogen) atoms. The Kier molecular flexibility index (Phi) is 3.69. The van der Waals surface area contributed by atoms with E-state index in [0.717, 1.165) is 11.4 Å². The molecule has 0 aromatic heterocycles. The number of nitrogens with one attached hydrogen (secondary N) is 1. The quantitative estimate of drug-likeness (QED) is 0.640. The van der Waals surface area contributed by atoms with Crippen molar-refractivity contribution in [3.8, 4) is 0 Å². The summed E-state index contributed by atoms with van der Waals surface area (Å²) >= 11 is 6.25. The lowest BCUT2D eigenvalue weighted by Gasteiger charge is -2.39. The van der Waals surface area contributed by atoms with Crippen LogP contribution in [0.4, 0.5) is 5.69 Å². The van der Waals surface area contributed by atoms with E-state index in [-0.39, 0.29) is 0 Å². The van der Waals surface area contributed by atoms with Gasteiger partial charge in [0.15, 0.2) is 0 Å². The van der Waals surface area contributed by atoms with E-state index in [0.29, 0.717) is 23.8 Å². The van der Waals surface area contributed by atoms with Crippen molar-refractivity contribution in [3.63, 3.8) is 0 Å². The van der Waals surface area contributed by atoms with Gasteiger partial charge in [0, 0.05) is 16.6 Å². The maximum Gasteiger partial charge on any atom is 0.0554 e. The highest BCUT2D eigenvalue weighted by Crippen LogP contribution is 2.51. The van der Waals surface area contributed by atoms with Gasteiger partial charge >= 0.3 is 0 Å². The third kappa shape index (κ3) is 2.48. The van der Waals surface area contributed by atoms with Crippen LogP contribution in [-0.4, -0.2) is 0 Å². The molecule has 0 radical (unpaired) electrons. The van der Waals surface area contributed by atoms with Gasteiger partial charge in [-0.25, -0.2) is 0 Å². The van der Waals surface area contributed by atoms with Crippen molar-refractivity contribution in [1.29, 1.82) is 0 Å². The fourth-order valence-electron chi connectivity index (χ4n) is 4.16. The van der Waals surface area contributed by atoms with Crippen molar-refractivity contribution in [2.75, 3.05) is 5.32 Å². The molecule has 0 amide bonds. The average Bonchev–Trinajstić information content (AvgIpc) is 3.03. The maximum atomic E-state index is 6.25. The van der Waals surface area contributed by atoms with Gasteiger partial charge in [-0.2, -0.15) is 0 Å². The summed E-state index contributed by atoms with van der Waals surface area (Å²) in [4.78, 5) is 0. The first-order chi connectivity index (χ1) is 11.1. The van der Waals surface area contributed by atoms with E-state index in [4.69, 9.17) is 11.6 Å². The molecular formula is C21H22ClN. The second-order valence-electron chi connectivity index (χ2n) is 7.00. The lowest BCUT2D eigenvalue weighted by Crippen LogP contribution is -2.29. The molecule has 1 N–H and O–H groups in total. The molecule has 4 rings (SSSR count). The van der Waals surface area contributed by atoms with Gasteiger partial charge in [-0.3, -0.25) is 0 Å². The molecule has 1 aliphatic carbocycles. The van der Waals surface area contributed by atoms with Gasteiger partial charge in [0.2, 0.25) is 0 Å². The van der Waals surface area contributed by atoms with Crippen LogP contribution in [0.3, 0.4) is 0 Å². The molecule has 0 saturated carbocycles. The molecule has 2 aliphatic rings. The molecule has 2 aromatic rings. The van der Waals surface area contributed by atoms with E-state index >= 15 is 0 Å². The number of anilines is 1. The van der Waals surface area contributed by atoms with Crippen LogP contribution in [0.5, 0.6) is 0 Å². The minimum Gasteiger partial charge on any atom is -0.377 e. The van der Waals surface area contributed by atoms with Crippen molar-refractivity contribution in [1.82, 2.24) is 0 Å². The lowest BCUT2D eigenvalue weighted by atomic mass is 9.75. The Bertz CT molecular complexity index is 762. The molecule has 1 heterocycles. The summed E-state index contributed by atoms with van der Waals surface area (Å²) < 4.78 is 0. The molecule has 0 spiro atoms. The number of allylic oxidation sites excluding steroid dienone is 2. The van der Waals surface area contributed by atoms with Crippen LogP contribution >= 0.6 is 11.6 Å². The van der Waals surface area contributed by atoms with E-state index in [1.54, 1.807) is 0 Å². The predicted molar refractivity (Wildman–Crippen MR) is 98.3 cm³/mol. The van der Waals surface area contributed by atoms with Crippen molar-refractivity contribution < 1.29 is 0 Å². The fourth-order valence-corrected chi connectivity index (χ4v) is 4.36. The second-order valence-corrected chi connectivity index (χ2v) is 7.43. The van der Waals surface area contributed by atoms with Crippen molar-refractivity contribution in [2.24, 2.45) is 5.92 Å². The summed E-state index contributed by atoms with van der Waals surface area (Å²) in [6.45, 7) is 4.53. The van der Waals surface area contributed by atoms with Crippen LogP contribution in [0, 0.1) is 5.92 Å². The fraction of sp³-hybridized carbons (Fsp3) is 0.333. The molecule has 2 heteroatoms. The Labute approximate surface area is 143 Å². The van der Waals surface area contributed by atoms with E-state index in [1.165, 1.54) is 22.4 Å². The number of hydrogen-bond donors (Lipinski definition) is 1. The normalized spacial score (nSPS) is 25.1.